The summed E-state index contributed by atoms with van der Waals surface area (Å²) in [7, 11) is 5.23. The molecular formula is C26H27N7O3. The zero-order valence-corrected chi connectivity index (χ0v) is 20.7. The molecule has 2 aromatic carbocycles. The van der Waals surface area contributed by atoms with E-state index in [1.807, 2.05) is 37.3 Å². The number of hydrogen-bond acceptors (Lipinski definition) is 6. The maximum Gasteiger partial charge on any atom is 0.331 e. The SMILES string of the molecule is Cc1ccc2c(c1)c(=O)n(C1CCN(c3ncnc4cc5c(cc34)n(C)c(=O)n5C)CC1)c(=O)n2C. The first-order valence-corrected chi connectivity index (χ1v) is 12.0. The van der Waals surface area contributed by atoms with Crippen molar-refractivity contribution in [1.82, 2.24) is 28.2 Å². The molecule has 3 aromatic heterocycles. The van der Waals surface area contributed by atoms with Gasteiger partial charge in [-0.05, 0) is 44.0 Å². The molecule has 0 saturated carbocycles. The standard InChI is InChI=1S/C26H27N7O3/c1-15-5-6-20-18(11-15)24(34)33(26(36)29(20)2)16-7-9-32(10-8-16)23-17-12-21-22(13-19(17)27-14-28-23)31(4)25(35)30(21)3/h5-6,11-14,16H,7-10H2,1-4H3. The minimum atomic E-state index is -0.283. The third kappa shape index (κ3) is 3.13. The molecule has 0 spiro atoms. The van der Waals surface area contributed by atoms with Gasteiger partial charge in [-0.3, -0.25) is 23.1 Å². The molecule has 6 rings (SSSR count). The highest BCUT2D eigenvalue weighted by Gasteiger charge is 2.26. The molecule has 1 aliphatic heterocycles. The fourth-order valence-electron chi connectivity index (χ4n) is 5.54. The molecule has 1 fully saturated rings. The Kier molecular flexibility index (Phi) is 4.89. The Labute approximate surface area is 205 Å². The summed E-state index contributed by atoms with van der Waals surface area (Å²) in [6.07, 6.45) is 2.83. The highest BCUT2D eigenvalue weighted by Crippen LogP contribution is 2.31. The predicted octanol–water partition coefficient (Wildman–Crippen LogP) is 1.98. The minimum Gasteiger partial charge on any atom is -0.356 e. The Hall–Kier alpha value is -4.21. The molecule has 0 bridgehead atoms. The quantitative estimate of drug-likeness (QED) is 0.379. The average Bonchev–Trinajstić information content (AvgIpc) is 3.09. The van der Waals surface area contributed by atoms with Crippen molar-refractivity contribution >= 4 is 38.7 Å². The summed E-state index contributed by atoms with van der Waals surface area (Å²) in [6, 6.07) is 9.31. The van der Waals surface area contributed by atoms with Crippen LogP contribution in [0, 0.1) is 6.92 Å². The van der Waals surface area contributed by atoms with E-state index in [-0.39, 0.29) is 23.0 Å². The van der Waals surface area contributed by atoms with Crippen LogP contribution in [0.4, 0.5) is 5.82 Å². The van der Waals surface area contributed by atoms with Gasteiger partial charge in [0.25, 0.3) is 5.56 Å². The van der Waals surface area contributed by atoms with Crippen LogP contribution in [-0.4, -0.2) is 41.3 Å². The van der Waals surface area contributed by atoms with Crippen molar-refractivity contribution in [2.45, 2.75) is 25.8 Å². The third-order valence-corrected chi connectivity index (χ3v) is 7.59. The third-order valence-electron chi connectivity index (χ3n) is 7.59. The number of aryl methyl sites for hydroxylation is 4. The fourth-order valence-corrected chi connectivity index (χ4v) is 5.54. The van der Waals surface area contributed by atoms with Crippen LogP contribution < -0.4 is 21.8 Å². The summed E-state index contributed by atoms with van der Waals surface area (Å²) in [5.74, 6) is 0.797. The van der Waals surface area contributed by atoms with E-state index in [2.05, 4.69) is 14.9 Å². The molecule has 10 heteroatoms. The van der Waals surface area contributed by atoms with Crippen molar-refractivity contribution < 1.29 is 0 Å². The highest BCUT2D eigenvalue weighted by molar-refractivity contribution is 5.99. The molecule has 5 aromatic rings. The molecule has 0 unspecified atom stereocenters. The molecule has 0 amide bonds. The van der Waals surface area contributed by atoms with E-state index >= 15 is 0 Å². The monoisotopic (exact) mass is 485 g/mol. The van der Waals surface area contributed by atoms with Gasteiger partial charge in [0.2, 0.25) is 0 Å². The van der Waals surface area contributed by atoms with Gasteiger partial charge in [0, 0.05) is 45.7 Å². The second kappa shape index (κ2) is 7.91. The number of benzene rings is 2. The molecule has 0 atom stereocenters. The van der Waals surface area contributed by atoms with Gasteiger partial charge in [-0.25, -0.2) is 19.6 Å². The lowest BCUT2D eigenvalue weighted by Crippen LogP contribution is -2.45. The maximum absolute atomic E-state index is 13.4. The summed E-state index contributed by atoms with van der Waals surface area (Å²) in [5.41, 5.74) is 3.45. The number of hydrogen-bond donors (Lipinski definition) is 0. The number of piperidine rings is 1. The number of fused-ring (bicyclic) bond motifs is 3. The second-order valence-corrected chi connectivity index (χ2v) is 9.71. The zero-order chi connectivity index (χ0) is 25.3. The largest absolute Gasteiger partial charge is 0.356 e. The van der Waals surface area contributed by atoms with Crippen molar-refractivity contribution in [3.63, 3.8) is 0 Å². The predicted molar refractivity (Wildman–Crippen MR) is 140 cm³/mol. The summed E-state index contributed by atoms with van der Waals surface area (Å²) < 4.78 is 6.24. The molecule has 36 heavy (non-hydrogen) atoms. The molecule has 0 N–H and O–H groups in total. The molecular weight excluding hydrogens is 458 g/mol. The van der Waals surface area contributed by atoms with E-state index in [1.54, 1.807) is 41.2 Å². The van der Waals surface area contributed by atoms with Gasteiger partial charge in [-0.1, -0.05) is 11.6 Å². The van der Waals surface area contributed by atoms with Crippen molar-refractivity contribution in [3.05, 3.63) is 73.5 Å². The van der Waals surface area contributed by atoms with E-state index < -0.39 is 0 Å². The number of imidazole rings is 1. The van der Waals surface area contributed by atoms with Crippen molar-refractivity contribution in [2.75, 3.05) is 18.0 Å². The van der Waals surface area contributed by atoms with Crippen LogP contribution in [0.15, 0.2) is 51.0 Å². The van der Waals surface area contributed by atoms with E-state index in [9.17, 15) is 14.4 Å². The van der Waals surface area contributed by atoms with Crippen molar-refractivity contribution in [1.29, 1.82) is 0 Å². The molecule has 184 valence electrons. The first-order valence-electron chi connectivity index (χ1n) is 12.0. The minimum absolute atomic E-state index is 0.0896. The number of anilines is 1. The van der Waals surface area contributed by atoms with Crippen LogP contribution in [0.25, 0.3) is 32.8 Å². The zero-order valence-electron chi connectivity index (χ0n) is 20.7. The van der Waals surface area contributed by atoms with Crippen LogP contribution in [0.2, 0.25) is 0 Å². The van der Waals surface area contributed by atoms with Crippen LogP contribution >= 0.6 is 0 Å². The first-order chi connectivity index (χ1) is 17.3. The van der Waals surface area contributed by atoms with Crippen LogP contribution in [-0.2, 0) is 21.1 Å². The number of rotatable bonds is 2. The maximum atomic E-state index is 13.4. The van der Waals surface area contributed by atoms with Gasteiger partial charge in [-0.15, -0.1) is 0 Å². The Bertz CT molecular complexity index is 1870. The molecule has 1 saturated heterocycles. The van der Waals surface area contributed by atoms with Gasteiger partial charge >= 0.3 is 11.4 Å². The average molecular weight is 486 g/mol. The Balaban J connectivity index is 1.37. The first kappa shape index (κ1) is 22.3. The lowest BCUT2D eigenvalue weighted by atomic mass is 10.0. The van der Waals surface area contributed by atoms with Crippen LogP contribution in [0.1, 0.15) is 24.4 Å². The summed E-state index contributed by atoms with van der Waals surface area (Å²) >= 11 is 0. The smallest absolute Gasteiger partial charge is 0.331 e. The summed E-state index contributed by atoms with van der Waals surface area (Å²) in [6.45, 7) is 3.23. The molecule has 0 aliphatic carbocycles. The second-order valence-electron chi connectivity index (χ2n) is 9.71. The van der Waals surface area contributed by atoms with Gasteiger partial charge < -0.3 is 4.90 Å². The molecule has 10 nitrogen and oxygen atoms in total. The van der Waals surface area contributed by atoms with Gasteiger partial charge in [-0.2, -0.15) is 0 Å². The Morgan fingerprint density at radius 2 is 1.44 bits per heavy atom. The molecule has 4 heterocycles. The highest BCUT2D eigenvalue weighted by atomic mass is 16.2. The lowest BCUT2D eigenvalue weighted by Gasteiger charge is -2.34. The van der Waals surface area contributed by atoms with E-state index in [1.165, 1.54) is 4.57 Å². The van der Waals surface area contributed by atoms with E-state index in [0.717, 1.165) is 33.3 Å². The Morgan fingerprint density at radius 1 is 0.778 bits per heavy atom. The van der Waals surface area contributed by atoms with Crippen molar-refractivity contribution in [2.24, 2.45) is 21.1 Å². The van der Waals surface area contributed by atoms with Gasteiger partial charge in [0.1, 0.15) is 12.1 Å². The van der Waals surface area contributed by atoms with E-state index in [0.29, 0.717) is 36.8 Å². The summed E-state index contributed by atoms with van der Waals surface area (Å²) in [5, 5.41) is 1.44. The normalized spacial score (nSPS) is 14.9. The fraction of sp³-hybridized carbons (Fsp3) is 0.346. The number of aromatic nitrogens is 6. The van der Waals surface area contributed by atoms with Crippen LogP contribution in [0.3, 0.4) is 0 Å². The number of nitrogens with zero attached hydrogens (tertiary/aromatic N) is 7. The van der Waals surface area contributed by atoms with Crippen LogP contribution in [0.5, 0.6) is 0 Å². The summed E-state index contributed by atoms with van der Waals surface area (Å²) in [4.78, 5) is 50.1. The van der Waals surface area contributed by atoms with Gasteiger partial charge in [0.15, 0.2) is 0 Å². The molecule has 1 aliphatic rings. The topological polar surface area (TPSA) is 100.0 Å². The molecule has 0 radical (unpaired) electrons. The lowest BCUT2D eigenvalue weighted by molar-refractivity contribution is 0.371. The van der Waals surface area contributed by atoms with E-state index in [4.69, 9.17) is 0 Å². The Morgan fingerprint density at radius 3 is 2.17 bits per heavy atom. The van der Waals surface area contributed by atoms with Crippen molar-refractivity contribution in [3.8, 4) is 0 Å². The van der Waals surface area contributed by atoms with Gasteiger partial charge in [0.05, 0.1) is 27.5 Å².